The van der Waals surface area contributed by atoms with Crippen LogP contribution in [-0.2, 0) is 10.0 Å². The number of hydrogen-bond acceptors (Lipinski definition) is 3. The summed E-state index contributed by atoms with van der Waals surface area (Å²) in [5.74, 6) is -0.622. The normalized spacial score (nSPS) is 11.1. The molecule has 0 atom stereocenters. The van der Waals surface area contributed by atoms with Crippen LogP contribution >= 0.6 is 12.2 Å². The van der Waals surface area contributed by atoms with Crippen LogP contribution in [0.2, 0.25) is 0 Å². The molecule has 0 fully saturated rings. The van der Waals surface area contributed by atoms with Gasteiger partial charge < -0.3 is 5.73 Å². The van der Waals surface area contributed by atoms with Gasteiger partial charge in [0.25, 0.3) is 10.0 Å². The largest absolute Gasteiger partial charge is 0.389 e. The number of nitrogens with two attached hydrogens (primary N) is 1. The van der Waals surface area contributed by atoms with Gasteiger partial charge in [0, 0.05) is 5.56 Å². The van der Waals surface area contributed by atoms with E-state index in [4.69, 9.17) is 18.0 Å². The number of hydrogen-bond donors (Lipinski definition) is 2. The summed E-state index contributed by atoms with van der Waals surface area (Å²) in [4.78, 5) is -0.0514. The number of rotatable bonds is 4. The van der Waals surface area contributed by atoms with Crippen LogP contribution in [0.3, 0.4) is 0 Å². The molecule has 0 heterocycles. The van der Waals surface area contributed by atoms with E-state index in [2.05, 4.69) is 4.72 Å². The number of thiocarbonyl (C=S) groups is 1. The Labute approximate surface area is 127 Å². The first-order valence-electron chi connectivity index (χ1n) is 5.99. The molecule has 0 unspecified atom stereocenters. The van der Waals surface area contributed by atoms with E-state index in [0.29, 0.717) is 11.1 Å². The Bertz CT molecular complexity index is 804. The summed E-state index contributed by atoms with van der Waals surface area (Å²) in [6.07, 6.45) is 0. The number of benzene rings is 2. The highest BCUT2D eigenvalue weighted by Gasteiger charge is 2.19. The molecule has 110 valence electrons. The van der Waals surface area contributed by atoms with Crippen LogP contribution in [0.1, 0.15) is 11.1 Å². The van der Waals surface area contributed by atoms with Gasteiger partial charge in [-0.25, -0.2) is 12.8 Å². The van der Waals surface area contributed by atoms with Crippen LogP contribution in [0.4, 0.5) is 10.1 Å². The van der Waals surface area contributed by atoms with E-state index in [1.165, 1.54) is 12.1 Å². The summed E-state index contributed by atoms with van der Waals surface area (Å²) >= 11 is 4.88. The molecule has 0 bridgehead atoms. The van der Waals surface area contributed by atoms with Gasteiger partial charge in [0.05, 0.1) is 10.6 Å². The van der Waals surface area contributed by atoms with Gasteiger partial charge in [0.15, 0.2) is 0 Å². The smallest absolute Gasteiger partial charge is 0.262 e. The number of anilines is 1. The summed E-state index contributed by atoms with van der Waals surface area (Å²) < 4.78 is 40.5. The van der Waals surface area contributed by atoms with E-state index in [1.807, 2.05) is 0 Å². The van der Waals surface area contributed by atoms with Crippen LogP contribution in [0.5, 0.6) is 0 Å². The fourth-order valence-corrected chi connectivity index (χ4v) is 3.37. The Hall–Kier alpha value is -1.99. The van der Waals surface area contributed by atoms with Crippen molar-refractivity contribution in [3.8, 4) is 0 Å². The van der Waals surface area contributed by atoms with Crippen molar-refractivity contribution in [2.24, 2.45) is 5.73 Å². The minimum Gasteiger partial charge on any atom is -0.389 e. The first kappa shape index (κ1) is 15.4. The third-order valence-electron chi connectivity index (χ3n) is 2.88. The van der Waals surface area contributed by atoms with Crippen molar-refractivity contribution in [1.82, 2.24) is 0 Å². The Kier molecular flexibility index (Phi) is 4.24. The molecule has 0 saturated heterocycles. The highest BCUT2D eigenvalue weighted by atomic mass is 32.2. The van der Waals surface area contributed by atoms with E-state index < -0.39 is 15.8 Å². The number of halogens is 1. The Morgan fingerprint density at radius 3 is 2.57 bits per heavy atom. The average molecular weight is 324 g/mol. The molecule has 0 aliphatic rings. The maximum absolute atomic E-state index is 13.3. The van der Waals surface area contributed by atoms with E-state index in [-0.39, 0.29) is 15.6 Å². The van der Waals surface area contributed by atoms with Gasteiger partial charge in [0.1, 0.15) is 10.8 Å². The predicted molar refractivity (Wildman–Crippen MR) is 84.3 cm³/mol. The van der Waals surface area contributed by atoms with E-state index in [0.717, 1.165) is 6.07 Å². The molecule has 21 heavy (non-hydrogen) atoms. The van der Waals surface area contributed by atoms with Crippen molar-refractivity contribution < 1.29 is 12.8 Å². The van der Waals surface area contributed by atoms with Gasteiger partial charge in [-0.1, -0.05) is 30.4 Å². The molecule has 7 heteroatoms. The maximum atomic E-state index is 13.3. The molecule has 0 radical (unpaired) electrons. The lowest BCUT2D eigenvalue weighted by atomic mass is 10.2. The van der Waals surface area contributed by atoms with E-state index >= 15 is 0 Å². The minimum absolute atomic E-state index is 0.0734. The molecule has 0 spiro atoms. The number of para-hydroxylation sites is 1. The second-order valence-electron chi connectivity index (χ2n) is 4.43. The number of aryl methyl sites for hydroxylation is 1. The van der Waals surface area contributed by atoms with Gasteiger partial charge >= 0.3 is 0 Å². The average Bonchev–Trinajstić information content (AvgIpc) is 2.41. The molecule has 0 saturated carbocycles. The molecule has 0 aromatic heterocycles. The zero-order valence-electron chi connectivity index (χ0n) is 11.1. The summed E-state index contributed by atoms with van der Waals surface area (Å²) in [6.45, 7) is 1.59. The lowest BCUT2D eigenvalue weighted by molar-refractivity contribution is 0.594. The lowest BCUT2D eigenvalue weighted by Crippen LogP contribution is -2.18. The zero-order valence-corrected chi connectivity index (χ0v) is 12.8. The van der Waals surface area contributed by atoms with Crippen molar-refractivity contribution in [3.05, 3.63) is 59.4 Å². The lowest BCUT2D eigenvalue weighted by Gasteiger charge is -2.13. The predicted octanol–water partition coefficient (Wildman–Crippen LogP) is 2.57. The Balaban J connectivity index is 2.48. The fraction of sp³-hybridized carbons (Fsp3) is 0.0714. The summed E-state index contributed by atoms with van der Waals surface area (Å²) in [6, 6.07) is 10.1. The monoisotopic (exact) mass is 324 g/mol. The standard InChI is InChI=1S/C14H13FN2O2S2/c1-9-6-7-10(15)8-13(9)21(18,19)17-12-5-3-2-4-11(12)14(16)20/h2-8,17H,1H3,(H2,16,20). The summed E-state index contributed by atoms with van der Waals surface area (Å²) in [5, 5.41) is 0. The molecule has 2 rings (SSSR count). The second kappa shape index (κ2) is 5.79. The molecule has 0 aliphatic heterocycles. The first-order valence-corrected chi connectivity index (χ1v) is 7.88. The first-order chi connectivity index (χ1) is 9.81. The maximum Gasteiger partial charge on any atom is 0.262 e. The highest BCUT2D eigenvalue weighted by Crippen LogP contribution is 2.22. The topological polar surface area (TPSA) is 72.2 Å². The van der Waals surface area contributed by atoms with E-state index in [1.54, 1.807) is 31.2 Å². The van der Waals surface area contributed by atoms with Crippen molar-refractivity contribution in [2.75, 3.05) is 4.72 Å². The van der Waals surface area contributed by atoms with Gasteiger partial charge in [-0.05, 0) is 36.8 Å². The quantitative estimate of drug-likeness (QED) is 0.848. The van der Waals surface area contributed by atoms with Gasteiger partial charge in [-0.2, -0.15) is 0 Å². The Morgan fingerprint density at radius 1 is 1.24 bits per heavy atom. The van der Waals surface area contributed by atoms with Crippen molar-refractivity contribution in [3.63, 3.8) is 0 Å². The van der Waals surface area contributed by atoms with Crippen molar-refractivity contribution in [1.29, 1.82) is 0 Å². The van der Waals surface area contributed by atoms with Gasteiger partial charge in [0.2, 0.25) is 0 Å². The molecule has 4 nitrogen and oxygen atoms in total. The fourth-order valence-electron chi connectivity index (χ4n) is 1.85. The molecule has 2 aromatic rings. The van der Waals surface area contributed by atoms with Gasteiger partial charge in [-0.15, -0.1) is 0 Å². The van der Waals surface area contributed by atoms with Crippen LogP contribution in [0, 0.1) is 12.7 Å². The van der Waals surface area contributed by atoms with Crippen molar-refractivity contribution in [2.45, 2.75) is 11.8 Å². The summed E-state index contributed by atoms with van der Waals surface area (Å²) in [5.41, 5.74) is 6.67. The molecule has 0 aliphatic carbocycles. The zero-order chi connectivity index (χ0) is 15.6. The SMILES string of the molecule is Cc1ccc(F)cc1S(=O)(=O)Nc1ccccc1C(N)=S. The van der Waals surface area contributed by atoms with Crippen LogP contribution in [0.15, 0.2) is 47.4 Å². The molecular formula is C14H13FN2O2S2. The highest BCUT2D eigenvalue weighted by molar-refractivity contribution is 7.92. The molecule has 0 amide bonds. The van der Waals surface area contributed by atoms with E-state index in [9.17, 15) is 12.8 Å². The summed E-state index contributed by atoms with van der Waals surface area (Å²) in [7, 11) is -3.93. The van der Waals surface area contributed by atoms with Crippen LogP contribution in [0.25, 0.3) is 0 Å². The minimum atomic E-state index is -3.93. The Morgan fingerprint density at radius 2 is 1.90 bits per heavy atom. The van der Waals surface area contributed by atoms with Crippen LogP contribution < -0.4 is 10.5 Å². The molecular weight excluding hydrogens is 311 g/mol. The van der Waals surface area contributed by atoms with Crippen molar-refractivity contribution >= 4 is 32.9 Å². The molecule has 2 aromatic carbocycles. The van der Waals surface area contributed by atoms with Crippen LogP contribution in [-0.4, -0.2) is 13.4 Å². The van der Waals surface area contributed by atoms with Gasteiger partial charge in [-0.3, -0.25) is 4.72 Å². The third kappa shape index (κ3) is 3.37. The molecule has 3 N–H and O–H groups in total. The number of sulfonamides is 1. The second-order valence-corrected chi connectivity index (χ2v) is 6.52. The third-order valence-corrected chi connectivity index (χ3v) is 4.60. The number of nitrogens with one attached hydrogen (secondary N) is 1.